The third kappa shape index (κ3) is 10.8. The molecule has 3 atom stereocenters. The van der Waals surface area contributed by atoms with E-state index in [1.165, 1.54) is 51.8 Å². The molecule has 1 fully saturated rings. The molecule has 0 aromatic rings. The van der Waals surface area contributed by atoms with E-state index in [0.29, 0.717) is 0 Å². The summed E-state index contributed by atoms with van der Waals surface area (Å²) >= 11 is -2.17. The molecule has 0 saturated carbocycles. The van der Waals surface area contributed by atoms with Crippen LogP contribution in [0, 0.1) is 5.92 Å². The number of likely N-dealkylation sites (tertiary alicyclic amines) is 1. The van der Waals surface area contributed by atoms with Crippen molar-refractivity contribution in [3.8, 4) is 0 Å². The van der Waals surface area contributed by atoms with E-state index in [-0.39, 0.29) is 18.1 Å². The number of aliphatic hydroxyl groups excluding tert-OH is 1. The average Bonchev–Trinajstić information content (AvgIpc) is 2.76. The van der Waals surface area contributed by atoms with Crippen molar-refractivity contribution in [2.24, 2.45) is 5.92 Å². The molecule has 0 bridgehead atoms. The van der Waals surface area contributed by atoms with E-state index in [2.05, 4.69) is 49.8 Å². The summed E-state index contributed by atoms with van der Waals surface area (Å²) in [6.07, 6.45) is 14.8. The first kappa shape index (κ1) is 28.5. The quantitative estimate of drug-likeness (QED) is 0.210. The van der Waals surface area contributed by atoms with Crippen LogP contribution < -0.4 is 0 Å². The predicted octanol–water partition coefficient (Wildman–Crippen LogP) is 6.82. The zero-order valence-corrected chi connectivity index (χ0v) is 23.9. The molecule has 1 rings (SSSR count). The number of unbranched alkanes of at least 4 members (excludes halogenated alkanes) is 3. The molecule has 3 nitrogen and oxygen atoms in total. The van der Waals surface area contributed by atoms with Crippen LogP contribution in [0.15, 0.2) is 10.2 Å². The van der Waals surface area contributed by atoms with Crippen LogP contribution >= 0.6 is 0 Å². The van der Waals surface area contributed by atoms with Crippen molar-refractivity contribution in [2.45, 2.75) is 117 Å². The number of nitrogens with zero attached hydrogens (tertiary/aromatic N) is 1. The molecule has 0 aromatic carbocycles. The summed E-state index contributed by atoms with van der Waals surface area (Å²) in [6.45, 7) is 12.1. The first-order valence-corrected chi connectivity index (χ1v) is 20.9. The predicted molar refractivity (Wildman–Crippen MR) is 135 cm³/mol. The van der Waals surface area contributed by atoms with E-state index >= 15 is 0 Å². The van der Waals surface area contributed by atoms with Crippen LogP contribution in [0.1, 0.15) is 91.9 Å². The normalized spacial score (nSPS) is 22.1. The maximum atomic E-state index is 11.0. The molecule has 30 heavy (non-hydrogen) atoms. The summed E-state index contributed by atoms with van der Waals surface area (Å²) in [5.74, 6) is 0.261. The number of allylic oxidation sites excluding steroid dienone is 1. The summed E-state index contributed by atoms with van der Waals surface area (Å²) in [5, 5.41) is 11.0. The van der Waals surface area contributed by atoms with Crippen molar-refractivity contribution in [3.63, 3.8) is 0 Å². The van der Waals surface area contributed by atoms with Crippen molar-refractivity contribution in [2.75, 3.05) is 26.7 Å². The van der Waals surface area contributed by atoms with Crippen molar-refractivity contribution < 1.29 is 9.84 Å². The molecule has 1 aliphatic rings. The molecule has 1 N–H and O–H groups in total. The first-order chi connectivity index (χ1) is 14.5. The Kier molecular flexibility index (Phi) is 16.1. The Bertz CT molecular complexity index is 419. The van der Waals surface area contributed by atoms with Gasteiger partial charge in [-0.3, -0.25) is 0 Å². The standard InChI is InChI=1S/C14H26NO2.3C4H9.Sn/c1-4-6-7-13(16)12-11-15(3)9-8-14(12)17-10-5-2;3*1-3-4-2;/h1,4,12-14,16H,5-11H2,2-3H3;3*1,3-4H2,2H3;. The minimum absolute atomic E-state index is 0.233. The Morgan fingerprint density at radius 3 is 2.13 bits per heavy atom. The van der Waals surface area contributed by atoms with Gasteiger partial charge in [-0.05, 0) is 0 Å². The number of rotatable bonds is 17. The van der Waals surface area contributed by atoms with Gasteiger partial charge in [-0.2, -0.15) is 0 Å². The van der Waals surface area contributed by atoms with Crippen molar-refractivity contribution >= 4 is 18.4 Å². The van der Waals surface area contributed by atoms with Crippen LogP contribution in [0.25, 0.3) is 0 Å². The van der Waals surface area contributed by atoms with Gasteiger partial charge in [0.1, 0.15) is 0 Å². The molecular formula is C26H53NO2Sn. The van der Waals surface area contributed by atoms with E-state index in [1.54, 1.807) is 0 Å². The average molecular weight is 530 g/mol. The van der Waals surface area contributed by atoms with Gasteiger partial charge in [0.15, 0.2) is 0 Å². The molecule has 1 aliphatic heterocycles. The second-order valence-corrected chi connectivity index (χ2v) is 22.9. The Hall–Kier alpha value is 0.419. The van der Waals surface area contributed by atoms with Crippen molar-refractivity contribution in [1.82, 2.24) is 4.90 Å². The first-order valence-electron chi connectivity index (χ1n) is 13.2. The second-order valence-electron chi connectivity index (χ2n) is 9.84. The van der Waals surface area contributed by atoms with E-state index < -0.39 is 18.4 Å². The van der Waals surface area contributed by atoms with Crippen LogP contribution in [0.3, 0.4) is 0 Å². The Balaban J connectivity index is 2.68. The summed E-state index contributed by atoms with van der Waals surface area (Å²) in [4.78, 5) is 2.36. The SMILES string of the molecule is CCC[CH2][Sn]([CH]=CCCC(O)C1CN(C)CCC1OCCC)([CH2]CCC)[CH2]CCC. The van der Waals surface area contributed by atoms with Crippen LogP contribution in [-0.4, -0.2) is 67.3 Å². The van der Waals surface area contributed by atoms with E-state index in [0.717, 1.165) is 45.4 Å². The topological polar surface area (TPSA) is 32.7 Å². The zero-order valence-electron chi connectivity index (χ0n) is 21.0. The molecule has 0 spiro atoms. The summed E-state index contributed by atoms with van der Waals surface area (Å²) in [6, 6.07) is 0. The van der Waals surface area contributed by atoms with Gasteiger partial charge in [0.2, 0.25) is 0 Å². The fourth-order valence-electron chi connectivity index (χ4n) is 5.00. The molecule has 4 heteroatoms. The van der Waals surface area contributed by atoms with Gasteiger partial charge in [0.05, 0.1) is 0 Å². The molecule has 0 radical (unpaired) electrons. The van der Waals surface area contributed by atoms with Gasteiger partial charge in [0, 0.05) is 0 Å². The third-order valence-electron chi connectivity index (χ3n) is 7.01. The third-order valence-corrected chi connectivity index (χ3v) is 21.3. The fraction of sp³-hybridized carbons (Fsp3) is 0.923. The number of piperidine rings is 1. The van der Waals surface area contributed by atoms with Gasteiger partial charge >= 0.3 is 193 Å². The van der Waals surface area contributed by atoms with Crippen LogP contribution in [0.2, 0.25) is 13.3 Å². The van der Waals surface area contributed by atoms with Gasteiger partial charge in [-0.1, -0.05) is 0 Å². The van der Waals surface area contributed by atoms with Crippen LogP contribution in [0.4, 0.5) is 0 Å². The summed E-state index contributed by atoms with van der Waals surface area (Å²) < 4.78 is 13.5. The van der Waals surface area contributed by atoms with Gasteiger partial charge in [0.25, 0.3) is 0 Å². The molecule has 1 heterocycles. The van der Waals surface area contributed by atoms with Gasteiger partial charge in [-0.15, -0.1) is 0 Å². The zero-order chi connectivity index (χ0) is 22.2. The number of hydrogen-bond acceptors (Lipinski definition) is 3. The van der Waals surface area contributed by atoms with Gasteiger partial charge in [-0.25, -0.2) is 0 Å². The molecule has 178 valence electrons. The van der Waals surface area contributed by atoms with E-state index in [9.17, 15) is 5.11 Å². The van der Waals surface area contributed by atoms with Crippen molar-refractivity contribution in [1.29, 1.82) is 0 Å². The van der Waals surface area contributed by atoms with E-state index in [4.69, 9.17) is 4.74 Å². The van der Waals surface area contributed by atoms with Crippen LogP contribution in [0.5, 0.6) is 0 Å². The Labute approximate surface area is 192 Å². The van der Waals surface area contributed by atoms with Crippen molar-refractivity contribution in [3.05, 3.63) is 10.2 Å². The molecule has 3 unspecified atom stereocenters. The molecule has 0 aromatic heterocycles. The minimum atomic E-state index is -2.17. The molecule has 0 amide bonds. The monoisotopic (exact) mass is 531 g/mol. The van der Waals surface area contributed by atoms with Gasteiger partial charge < -0.3 is 0 Å². The number of ether oxygens (including phenoxy) is 1. The number of hydrogen-bond donors (Lipinski definition) is 1. The van der Waals surface area contributed by atoms with E-state index in [1.807, 2.05) is 0 Å². The molecule has 1 saturated heterocycles. The second kappa shape index (κ2) is 17.0. The maximum absolute atomic E-state index is 11.0. The van der Waals surface area contributed by atoms with Crippen LogP contribution in [-0.2, 0) is 4.74 Å². The Morgan fingerprint density at radius 1 is 1.00 bits per heavy atom. The molecule has 0 aliphatic carbocycles. The summed E-state index contributed by atoms with van der Waals surface area (Å²) in [5.41, 5.74) is 0. The number of aliphatic hydroxyl groups is 1. The Morgan fingerprint density at radius 2 is 1.60 bits per heavy atom. The molecular weight excluding hydrogens is 477 g/mol. The fourth-order valence-corrected chi connectivity index (χ4v) is 19.5. The summed E-state index contributed by atoms with van der Waals surface area (Å²) in [7, 11) is 2.17.